The highest BCUT2D eigenvalue weighted by Crippen LogP contribution is 2.39. The van der Waals surface area contributed by atoms with Crippen LogP contribution >= 0.6 is 11.6 Å². The Morgan fingerprint density at radius 1 is 1.08 bits per heavy atom. The molecule has 2 unspecified atom stereocenters. The van der Waals surface area contributed by atoms with Gasteiger partial charge in [0.1, 0.15) is 0 Å². The Hall–Kier alpha value is -1.22. The van der Waals surface area contributed by atoms with Crippen molar-refractivity contribution < 1.29 is 34.0 Å². The fourth-order valence-corrected chi connectivity index (χ4v) is 5.62. The van der Waals surface area contributed by atoms with Crippen molar-refractivity contribution in [3.05, 3.63) is 35.4 Å². The second-order valence-electron chi connectivity index (χ2n) is 10.7. The van der Waals surface area contributed by atoms with Gasteiger partial charge in [-0.2, -0.15) is 0 Å². The van der Waals surface area contributed by atoms with E-state index in [1.54, 1.807) is 0 Å². The third-order valence-corrected chi connectivity index (χ3v) is 7.74. The first-order valence-corrected chi connectivity index (χ1v) is 14.9. The van der Waals surface area contributed by atoms with Gasteiger partial charge in [0.2, 0.25) is 0 Å². The Kier molecular flexibility index (Phi) is 14.4. The van der Waals surface area contributed by atoms with Crippen LogP contribution in [0, 0.1) is 11.8 Å². The van der Waals surface area contributed by atoms with Crippen LogP contribution in [0.25, 0.3) is 0 Å². The highest BCUT2D eigenvalue weighted by Gasteiger charge is 2.42. The molecule has 2 N–H and O–H groups in total. The van der Waals surface area contributed by atoms with E-state index in [4.69, 9.17) is 35.7 Å². The van der Waals surface area contributed by atoms with Crippen LogP contribution in [-0.4, -0.2) is 60.3 Å². The number of aliphatic carboxylic acids is 1. The van der Waals surface area contributed by atoms with E-state index < -0.39 is 12.1 Å². The molecule has 216 valence electrons. The lowest BCUT2D eigenvalue weighted by atomic mass is 9.89. The SMILES string of the molecule is C/C(Cl)=C/CC[C@@H](/C=C/[C@@H]1[C@@H](C/C=C\CCCC(=O)O)[C@@H](O)C[C@H]1OC1CCCCO1)OC1CCCCO1. The topological polar surface area (TPSA) is 94.5 Å². The van der Waals surface area contributed by atoms with E-state index >= 15 is 0 Å². The largest absolute Gasteiger partial charge is 0.481 e. The molecule has 1 saturated carbocycles. The zero-order valence-corrected chi connectivity index (χ0v) is 23.6. The number of ether oxygens (including phenoxy) is 4. The van der Waals surface area contributed by atoms with E-state index in [0.717, 1.165) is 69.4 Å². The number of unbranched alkanes of at least 4 members (excludes halogenated alkanes) is 1. The Morgan fingerprint density at radius 3 is 2.47 bits per heavy atom. The Bertz CT molecular complexity index is 767. The van der Waals surface area contributed by atoms with Crippen LogP contribution in [0.4, 0.5) is 0 Å². The van der Waals surface area contributed by atoms with Gasteiger partial charge >= 0.3 is 5.97 Å². The quantitative estimate of drug-likeness (QED) is 0.176. The third kappa shape index (κ3) is 11.5. The fourth-order valence-electron chi connectivity index (χ4n) is 5.51. The van der Waals surface area contributed by atoms with Crippen molar-refractivity contribution in [3.8, 4) is 0 Å². The molecule has 0 amide bonds. The van der Waals surface area contributed by atoms with E-state index in [2.05, 4.69) is 18.2 Å². The molecule has 0 radical (unpaired) electrons. The van der Waals surface area contributed by atoms with Crippen LogP contribution in [0.1, 0.15) is 90.4 Å². The molecule has 1 aliphatic carbocycles. The molecular formula is C30H47ClO7. The van der Waals surface area contributed by atoms with Gasteiger partial charge in [-0.15, -0.1) is 0 Å². The maximum Gasteiger partial charge on any atom is 0.303 e. The van der Waals surface area contributed by atoms with Crippen LogP contribution in [0.3, 0.4) is 0 Å². The van der Waals surface area contributed by atoms with Crippen LogP contribution in [0.15, 0.2) is 35.4 Å². The van der Waals surface area contributed by atoms with Crippen LogP contribution in [0.5, 0.6) is 0 Å². The van der Waals surface area contributed by atoms with Gasteiger partial charge in [0.15, 0.2) is 12.6 Å². The Morgan fingerprint density at radius 2 is 1.82 bits per heavy atom. The van der Waals surface area contributed by atoms with Crippen molar-refractivity contribution in [2.24, 2.45) is 11.8 Å². The summed E-state index contributed by atoms with van der Waals surface area (Å²) in [5.74, 6) is -0.748. The molecular weight excluding hydrogens is 508 g/mol. The lowest BCUT2D eigenvalue weighted by Crippen LogP contribution is -2.31. The predicted molar refractivity (Wildman–Crippen MR) is 148 cm³/mol. The molecule has 7 atom stereocenters. The van der Waals surface area contributed by atoms with Crippen LogP contribution in [-0.2, 0) is 23.7 Å². The number of hydrogen-bond acceptors (Lipinski definition) is 6. The first-order valence-electron chi connectivity index (χ1n) is 14.5. The van der Waals surface area contributed by atoms with Crippen molar-refractivity contribution in [1.29, 1.82) is 0 Å². The molecule has 0 bridgehead atoms. The molecule has 2 saturated heterocycles. The van der Waals surface area contributed by atoms with E-state index in [9.17, 15) is 9.90 Å². The predicted octanol–water partition coefficient (Wildman–Crippen LogP) is 6.49. The standard InChI is InChI=1S/C30H47ClO7/c1-22(31)11-10-12-23(37-29-15-6-8-19-35-29)17-18-25-24(13-4-2-3-5-14-28(33)34)26(32)21-27(25)38-30-16-7-9-20-36-30/h2,4,11,17-18,23-27,29-30,32H,3,5-10,12-16,19-21H2,1H3,(H,33,34)/b4-2-,18-17+,22-11-/t23-,24+,25+,26-,27+,29?,30?/m0/s1. The molecule has 0 aromatic heterocycles. The summed E-state index contributed by atoms with van der Waals surface area (Å²) < 4.78 is 24.5. The van der Waals surface area contributed by atoms with Gasteiger partial charge in [0, 0.05) is 37.0 Å². The van der Waals surface area contributed by atoms with Gasteiger partial charge in [0.25, 0.3) is 0 Å². The highest BCUT2D eigenvalue weighted by atomic mass is 35.5. The Balaban J connectivity index is 1.69. The maximum absolute atomic E-state index is 11.0. The number of aliphatic hydroxyl groups excluding tert-OH is 1. The zero-order chi connectivity index (χ0) is 27.2. The van der Waals surface area contributed by atoms with Gasteiger partial charge in [-0.05, 0) is 83.5 Å². The minimum absolute atomic E-state index is 0.00660. The molecule has 0 spiro atoms. The van der Waals surface area contributed by atoms with E-state index in [1.807, 2.05) is 19.1 Å². The van der Waals surface area contributed by atoms with Crippen LogP contribution in [0.2, 0.25) is 0 Å². The van der Waals surface area contributed by atoms with Crippen molar-refractivity contribution in [2.75, 3.05) is 13.2 Å². The molecule has 0 aromatic carbocycles. The first kappa shape index (κ1) is 31.3. The van der Waals surface area contributed by atoms with Gasteiger partial charge in [-0.25, -0.2) is 0 Å². The summed E-state index contributed by atoms with van der Waals surface area (Å²) in [5, 5.41) is 20.6. The third-order valence-electron chi connectivity index (χ3n) is 7.58. The second-order valence-corrected chi connectivity index (χ2v) is 11.3. The molecule has 3 fully saturated rings. The number of rotatable bonds is 15. The molecule has 3 aliphatic rings. The minimum atomic E-state index is -0.771. The van der Waals surface area contributed by atoms with Gasteiger partial charge in [-0.3, -0.25) is 4.79 Å². The number of hydrogen-bond donors (Lipinski definition) is 2. The fraction of sp³-hybridized carbons (Fsp3) is 0.767. The number of halogens is 1. The number of carboxylic acid groups (broad SMARTS) is 1. The molecule has 0 aromatic rings. The number of carbonyl (C=O) groups is 1. The molecule has 2 aliphatic heterocycles. The lowest BCUT2D eigenvalue weighted by molar-refractivity contribution is -0.193. The average Bonchev–Trinajstić information content (AvgIpc) is 3.18. The Labute approximate surface area is 233 Å². The monoisotopic (exact) mass is 554 g/mol. The summed E-state index contributed by atoms with van der Waals surface area (Å²) in [6.07, 6.45) is 19.8. The second kappa shape index (κ2) is 17.5. The summed E-state index contributed by atoms with van der Waals surface area (Å²) >= 11 is 6.06. The number of allylic oxidation sites excluding steroid dienone is 4. The van der Waals surface area contributed by atoms with E-state index in [-0.39, 0.29) is 43.0 Å². The number of aliphatic hydroxyl groups is 1. The van der Waals surface area contributed by atoms with Crippen LogP contribution < -0.4 is 0 Å². The smallest absolute Gasteiger partial charge is 0.303 e. The lowest BCUT2D eigenvalue weighted by Gasteiger charge is -2.30. The van der Waals surface area contributed by atoms with Gasteiger partial charge in [-0.1, -0.05) is 42.0 Å². The van der Waals surface area contributed by atoms with Crippen molar-refractivity contribution >= 4 is 17.6 Å². The van der Waals surface area contributed by atoms with Gasteiger partial charge < -0.3 is 29.2 Å². The van der Waals surface area contributed by atoms with Crippen molar-refractivity contribution in [2.45, 2.75) is 121 Å². The summed E-state index contributed by atoms with van der Waals surface area (Å²) in [7, 11) is 0. The molecule has 8 heteroatoms. The zero-order valence-electron chi connectivity index (χ0n) is 22.8. The van der Waals surface area contributed by atoms with Crippen molar-refractivity contribution in [3.63, 3.8) is 0 Å². The summed E-state index contributed by atoms with van der Waals surface area (Å²) in [6.45, 7) is 3.33. The summed E-state index contributed by atoms with van der Waals surface area (Å²) in [4.78, 5) is 10.8. The average molecular weight is 555 g/mol. The molecule has 38 heavy (non-hydrogen) atoms. The van der Waals surface area contributed by atoms with E-state index in [1.165, 1.54) is 0 Å². The maximum atomic E-state index is 11.0. The minimum Gasteiger partial charge on any atom is -0.481 e. The van der Waals surface area contributed by atoms with E-state index in [0.29, 0.717) is 25.9 Å². The molecule has 3 rings (SSSR count). The summed E-state index contributed by atoms with van der Waals surface area (Å²) in [6, 6.07) is 0. The highest BCUT2D eigenvalue weighted by molar-refractivity contribution is 6.29. The van der Waals surface area contributed by atoms with Gasteiger partial charge in [0.05, 0.1) is 18.3 Å². The summed E-state index contributed by atoms with van der Waals surface area (Å²) in [5.41, 5.74) is 0. The number of carboxylic acids is 1. The normalized spacial score (nSPS) is 31.8. The molecule has 2 heterocycles. The molecule has 7 nitrogen and oxygen atoms in total. The van der Waals surface area contributed by atoms with Crippen molar-refractivity contribution in [1.82, 2.24) is 0 Å². The first-order chi connectivity index (χ1) is 18.4.